The van der Waals surface area contributed by atoms with Gasteiger partial charge in [0.15, 0.2) is 10.8 Å². The summed E-state index contributed by atoms with van der Waals surface area (Å²) in [6, 6.07) is 5.21. The highest BCUT2D eigenvalue weighted by molar-refractivity contribution is 7.99. The molecule has 2 bridgehead atoms. The van der Waals surface area contributed by atoms with Gasteiger partial charge >= 0.3 is 0 Å². The molecule has 3 aliphatic rings. The highest BCUT2D eigenvalue weighted by Gasteiger charge is 2.37. The molecule has 1 amide bonds. The number of amides is 1. The monoisotopic (exact) mass is 424 g/mol. The predicted octanol–water partition coefficient (Wildman–Crippen LogP) is 0.964. The molecule has 1 fully saturated rings. The third-order valence-electron chi connectivity index (χ3n) is 6.49. The minimum absolute atomic E-state index is 0.0407. The first-order chi connectivity index (χ1) is 14.6. The molecule has 3 atom stereocenters. The number of aromatic nitrogens is 5. The summed E-state index contributed by atoms with van der Waals surface area (Å²) in [5.41, 5.74) is 1.42. The van der Waals surface area contributed by atoms with Gasteiger partial charge in [-0.25, -0.2) is 4.98 Å². The fraction of sp³-hybridized carbons (Fsp3) is 0.450. The third kappa shape index (κ3) is 2.66. The maximum absolute atomic E-state index is 13.2. The van der Waals surface area contributed by atoms with Crippen LogP contribution in [0.4, 0.5) is 0 Å². The molecule has 1 saturated heterocycles. The van der Waals surface area contributed by atoms with Crippen molar-refractivity contribution in [2.75, 3.05) is 18.8 Å². The first kappa shape index (κ1) is 17.9. The zero-order valence-electron chi connectivity index (χ0n) is 16.2. The van der Waals surface area contributed by atoms with Crippen LogP contribution in [0.5, 0.6) is 0 Å². The summed E-state index contributed by atoms with van der Waals surface area (Å²) in [7, 11) is 0. The summed E-state index contributed by atoms with van der Waals surface area (Å²) in [4.78, 5) is 44.7. The Labute approximate surface area is 175 Å². The molecule has 3 aromatic heterocycles. The molecule has 10 heteroatoms. The second-order valence-corrected chi connectivity index (χ2v) is 9.35. The van der Waals surface area contributed by atoms with Crippen LogP contribution in [0.3, 0.4) is 0 Å². The van der Waals surface area contributed by atoms with Crippen LogP contribution in [0.25, 0.3) is 11.0 Å². The summed E-state index contributed by atoms with van der Waals surface area (Å²) in [6.45, 7) is 1.95. The standard InChI is InChI=1S/C20H20N6O3S/c27-16-3-1-2-15-12-4-11(8-25(15)16)7-24(9-12)17(28)5-13-10-30-20-22-18-14(6-21-23-18)19(29)26(13)20/h1-3,6,11-13H,4-5,7-10H2,(H,21,23). The number of piperidine rings is 1. The van der Waals surface area contributed by atoms with Crippen LogP contribution in [-0.4, -0.2) is 54.0 Å². The first-order valence-corrected chi connectivity index (χ1v) is 11.1. The first-order valence-electron chi connectivity index (χ1n) is 10.1. The molecule has 1 N–H and O–H groups in total. The van der Waals surface area contributed by atoms with Crippen molar-refractivity contribution in [3.8, 4) is 0 Å². The van der Waals surface area contributed by atoms with Crippen LogP contribution in [0.15, 0.2) is 39.1 Å². The van der Waals surface area contributed by atoms with E-state index in [4.69, 9.17) is 0 Å². The van der Waals surface area contributed by atoms with Gasteiger partial charge in [0.25, 0.3) is 11.1 Å². The van der Waals surface area contributed by atoms with Crippen molar-refractivity contribution >= 4 is 28.7 Å². The van der Waals surface area contributed by atoms with E-state index in [1.54, 1.807) is 16.7 Å². The zero-order chi connectivity index (χ0) is 20.4. The van der Waals surface area contributed by atoms with Crippen LogP contribution in [0.2, 0.25) is 0 Å². The SMILES string of the molecule is O=C(CC1CSc2nc3[nH]ncc3c(=O)n21)N1CC2CC(C1)c1cccc(=O)n1C2. The van der Waals surface area contributed by atoms with Crippen LogP contribution in [0, 0.1) is 5.92 Å². The minimum atomic E-state index is -0.200. The molecule has 0 saturated carbocycles. The quantitative estimate of drug-likeness (QED) is 0.615. The molecule has 0 aliphatic carbocycles. The number of nitrogens with zero attached hydrogens (tertiary/aromatic N) is 5. The molecular formula is C20H20N6O3S. The van der Waals surface area contributed by atoms with Crippen molar-refractivity contribution in [3.05, 3.63) is 50.8 Å². The van der Waals surface area contributed by atoms with E-state index in [0.29, 0.717) is 47.5 Å². The lowest BCUT2D eigenvalue weighted by Gasteiger charge is -2.43. The number of likely N-dealkylation sites (tertiary alicyclic amines) is 1. The van der Waals surface area contributed by atoms with Gasteiger partial charge in [0.2, 0.25) is 5.91 Å². The second-order valence-electron chi connectivity index (χ2n) is 8.37. The van der Waals surface area contributed by atoms with Gasteiger partial charge in [-0.05, 0) is 18.4 Å². The molecule has 6 heterocycles. The summed E-state index contributed by atoms with van der Waals surface area (Å²) in [5, 5.41) is 7.74. The topological polar surface area (TPSA) is 106 Å². The molecule has 154 valence electrons. The molecule has 6 rings (SSSR count). The van der Waals surface area contributed by atoms with Crippen LogP contribution in [-0.2, 0) is 11.3 Å². The number of rotatable bonds is 2. The normalized spacial score (nSPS) is 24.7. The van der Waals surface area contributed by atoms with Crippen LogP contribution < -0.4 is 11.1 Å². The van der Waals surface area contributed by atoms with E-state index in [2.05, 4.69) is 15.2 Å². The average molecular weight is 424 g/mol. The molecule has 0 spiro atoms. The van der Waals surface area contributed by atoms with Gasteiger partial charge in [-0.2, -0.15) is 5.10 Å². The number of hydrogen-bond acceptors (Lipinski definition) is 6. The number of hydrogen-bond donors (Lipinski definition) is 1. The molecule has 30 heavy (non-hydrogen) atoms. The van der Waals surface area contributed by atoms with Crippen molar-refractivity contribution in [2.45, 2.75) is 36.5 Å². The number of carbonyl (C=O) groups excluding carboxylic acids is 1. The number of carbonyl (C=O) groups is 1. The largest absolute Gasteiger partial charge is 0.342 e. The number of nitrogens with one attached hydrogen (secondary N) is 1. The fourth-order valence-electron chi connectivity index (χ4n) is 5.14. The van der Waals surface area contributed by atoms with E-state index in [9.17, 15) is 14.4 Å². The lowest BCUT2D eigenvalue weighted by Crippen LogP contribution is -2.49. The molecule has 9 nitrogen and oxygen atoms in total. The Balaban J connectivity index is 1.25. The summed E-state index contributed by atoms with van der Waals surface area (Å²) >= 11 is 1.50. The van der Waals surface area contributed by atoms with Crippen molar-refractivity contribution in [3.63, 3.8) is 0 Å². The van der Waals surface area contributed by atoms with E-state index in [1.165, 1.54) is 18.0 Å². The molecule has 3 aliphatic heterocycles. The van der Waals surface area contributed by atoms with Crippen molar-refractivity contribution in [1.82, 2.24) is 29.2 Å². The molecule has 3 unspecified atom stereocenters. The Morgan fingerprint density at radius 3 is 3.03 bits per heavy atom. The Hall–Kier alpha value is -2.88. The van der Waals surface area contributed by atoms with Gasteiger partial charge < -0.3 is 9.47 Å². The predicted molar refractivity (Wildman–Crippen MR) is 111 cm³/mol. The van der Waals surface area contributed by atoms with E-state index in [0.717, 1.165) is 12.1 Å². The van der Waals surface area contributed by atoms with Gasteiger partial charge in [-0.15, -0.1) is 0 Å². The molecular weight excluding hydrogens is 404 g/mol. The number of thioether (sulfide) groups is 1. The van der Waals surface area contributed by atoms with E-state index < -0.39 is 0 Å². The lowest BCUT2D eigenvalue weighted by atomic mass is 9.83. The van der Waals surface area contributed by atoms with Crippen molar-refractivity contribution in [1.29, 1.82) is 0 Å². The molecule has 0 aromatic carbocycles. The van der Waals surface area contributed by atoms with E-state index in [-0.39, 0.29) is 35.4 Å². The maximum atomic E-state index is 13.2. The Kier molecular flexibility index (Phi) is 3.92. The van der Waals surface area contributed by atoms with Crippen LogP contribution >= 0.6 is 11.8 Å². The average Bonchev–Trinajstić information content (AvgIpc) is 3.36. The zero-order valence-corrected chi connectivity index (χ0v) is 17.0. The Morgan fingerprint density at radius 2 is 2.13 bits per heavy atom. The van der Waals surface area contributed by atoms with Gasteiger partial charge in [-0.1, -0.05) is 17.8 Å². The Morgan fingerprint density at radius 1 is 1.23 bits per heavy atom. The summed E-state index contributed by atoms with van der Waals surface area (Å²) in [5.74, 6) is 1.21. The lowest BCUT2D eigenvalue weighted by molar-refractivity contribution is -0.134. The Bertz CT molecular complexity index is 1290. The smallest absolute Gasteiger partial charge is 0.265 e. The maximum Gasteiger partial charge on any atom is 0.265 e. The summed E-state index contributed by atoms with van der Waals surface area (Å²) in [6.07, 6.45) is 2.79. The van der Waals surface area contributed by atoms with Crippen molar-refractivity contribution < 1.29 is 4.79 Å². The van der Waals surface area contributed by atoms with Gasteiger partial charge in [-0.3, -0.25) is 24.0 Å². The van der Waals surface area contributed by atoms with Gasteiger partial charge in [0, 0.05) is 49.5 Å². The van der Waals surface area contributed by atoms with Gasteiger partial charge in [0.05, 0.1) is 12.2 Å². The highest BCUT2D eigenvalue weighted by Crippen LogP contribution is 2.37. The van der Waals surface area contributed by atoms with E-state index in [1.807, 2.05) is 15.5 Å². The van der Waals surface area contributed by atoms with E-state index >= 15 is 0 Å². The highest BCUT2D eigenvalue weighted by atomic mass is 32.2. The van der Waals surface area contributed by atoms with Crippen LogP contribution in [0.1, 0.15) is 30.5 Å². The number of pyridine rings is 1. The molecule has 0 radical (unpaired) electrons. The van der Waals surface area contributed by atoms with Crippen molar-refractivity contribution in [2.24, 2.45) is 5.92 Å². The third-order valence-corrected chi connectivity index (χ3v) is 7.59. The number of aromatic amines is 1. The number of H-pyrrole nitrogens is 1. The van der Waals surface area contributed by atoms with Gasteiger partial charge in [0.1, 0.15) is 5.39 Å². The minimum Gasteiger partial charge on any atom is -0.342 e. The fourth-order valence-corrected chi connectivity index (χ4v) is 6.27. The summed E-state index contributed by atoms with van der Waals surface area (Å²) < 4.78 is 3.52. The molecule has 3 aromatic rings. The number of fused-ring (bicyclic) bond motifs is 6. The second kappa shape index (κ2) is 6.56.